The van der Waals surface area contributed by atoms with Crippen LogP contribution in [0.5, 0.6) is 0 Å². The second-order valence-corrected chi connectivity index (χ2v) is 8.66. The quantitative estimate of drug-likeness (QED) is 0.795. The minimum Gasteiger partial charge on any atom is -0.450 e. The molecule has 0 aromatic carbocycles. The van der Waals surface area contributed by atoms with Gasteiger partial charge >= 0.3 is 6.09 Å². The highest BCUT2D eigenvalue weighted by Crippen LogP contribution is 2.41. The number of nitrogens with zero attached hydrogens (tertiary/aromatic N) is 2. The Balaban J connectivity index is 1.43. The number of carbonyl (C=O) groups is 1. The smallest absolute Gasteiger partial charge is 0.410 e. The summed E-state index contributed by atoms with van der Waals surface area (Å²) in [4.78, 5) is 16.7. The molecule has 4 aliphatic heterocycles. The first-order valence-corrected chi connectivity index (χ1v) is 10.3. The van der Waals surface area contributed by atoms with Crippen molar-refractivity contribution in [2.24, 2.45) is 0 Å². The fourth-order valence-corrected chi connectivity index (χ4v) is 5.22. The predicted octanol–water partition coefficient (Wildman–Crippen LogP) is 2.43. The van der Waals surface area contributed by atoms with E-state index in [1.54, 1.807) is 0 Å². The van der Waals surface area contributed by atoms with Crippen molar-refractivity contribution in [1.29, 1.82) is 0 Å². The lowest BCUT2D eigenvalue weighted by atomic mass is 9.75. The van der Waals surface area contributed by atoms with Crippen molar-refractivity contribution in [3.05, 3.63) is 11.8 Å². The number of likely N-dealkylation sites (tertiary alicyclic amines) is 1. The molecule has 0 aromatic heterocycles. The molecule has 3 fully saturated rings. The Kier molecular flexibility index (Phi) is 5.12. The highest BCUT2D eigenvalue weighted by molar-refractivity contribution is 5.69. The molecule has 3 saturated heterocycles. The molecule has 0 saturated carbocycles. The molecule has 2 bridgehead atoms. The summed E-state index contributed by atoms with van der Waals surface area (Å²) >= 11 is 0. The zero-order valence-electron chi connectivity index (χ0n) is 16.8. The number of hydrogen-bond donors (Lipinski definition) is 1. The summed E-state index contributed by atoms with van der Waals surface area (Å²) in [6, 6.07) is 0.472. The fraction of sp³-hybridized carbons (Fsp3) is 0.850. The third kappa shape index (κ3) is 3.34. The van der Waals surface area contributed by atoms with E-state index in [1.807, 2.05) is 11.8 Å². The molecule has 0 aromatic rings. The molecule has 1 spiro atoms. The van der Waals surface area contributed by atoms with Gasteiger partial charge in [-0.3, -0.25) is 10.2 Å². The average molecular weight is 380 g/mol. The maximum absolute atomic E-state index is 12.3. The van der Waals surface area contributed by atoms with Gasteiger partial charge in [-0.1, -0.05) is 0 Å². The van der Waals surface area contributed by atoms with Crippen LogP contribution in [0.25, 0.3) is 0 Å². The topological polar surface area (TPSA) is 63.3 Å². The molecule has 1 N–H and O–H groups in total. The van der Waals surface area contributed by atoms with Crippen molar-refractivity contribution < 1.29 is 19.0 Å². The van der Waals surface area contributed by atoms with Gasteiger partial charge in [0.1, 0.15) is 6.79 Å². The lowest BCUT2D eigenvalue weighted by Gasteiger charge is -2.51. The summed E-state index contributed by atoms with van der Waals surface area (Å²) in [5.41, 5.74) is 1.09. The Morgan fingerprint density at radius 3 is 2.81 bits per heavy atom. The Morgan fingerprint density at radius 2 is 2.11 bits per heavy atom. The summed E-state index contributed by atoms with van der Waals surface area (Å²) < 4.78 is 17.0. The summed E-state index contributed by atoms with van der Waals surface area (Å²) in [6.45, 7) is 9.60. The van der Waals surface area contributed by atoms with E-state index < -0.39 is 0 Å². The summed E-state index contributed by atoms with van der Waals surface area (Å²) in [7, 11) is 0. The molecular formula is C20H33N3O4. The van der Waals surface area contributed by atoms with Crippen LogP contribution in [0.4, 0.5) is 4.79 Å². The zero-order chi connectivity index (χ0) is 19.1. The third-order valence-corrected chi connectivity index (χ3v) is 7.01. The van der Waals surface area contributed by atoms with Gasteiger partial charge in [-0.2, -0.15) is 0 Å². The molecule has 7 heteroatoms. The van der Waals surface area contributed by atoms with E-state index in [1.165, 1.54) is 5.70 Å². The van der Waals surface area contributed by atoms with Gasteiger partial charge in [0, 0.05) is 36.8 Å². The molecule has 1 amide bonds. The number of rotatable bonds is 2. The highest BCUT2D eigenvalue weighted by atomic mass is 16.7. The Hall–Kier alpha value is -1.31. The van der Waals surface area contributed by atoms with Crippen molar-refractivity contribution in [3.63, 3.8) is 0 Å². The monoisotopic (exact) mass is 379 g/mol. The molecule has 152 valence electrons. The SMILES string of the molecule is CCOC(=O)N1C2C=C(N3CCC4(CC3)OCOCNC4(C)C)CC1CC2. The number of piperidine rings is 1. The predicted molar refractivity (Wildman–Crippen MR) is 101 cm³/mol. The second-order valence-electron chi connectivity index (χ2n) is 8.66. The van der Waals surface area contributed by atoms with Crippen LogP contribution in [0.3, 0.4) is 0 Å². The molecule has 4 aliphatic rings. The number of ether oxygens (including phenoxy) is 3. The average Bonchev–Trinajstić information content (AvgIpc) is 2.82. The third-order valence-electron chi connectivity index (χ3n) is 7.01. The number of amides is 1. The Bertz CT molecular complexity index is 598. The second kappa shape index (κ2) is 7.26. The Labute approximate surface area is 162 Å². The molecule has 27 heavy (non-hydrogen) atoms. The molecule has 4 heterocycles. The molecule has 4 rings (SSSR count). The van der Waals surface area contributed by atoms with Gasteiger partial charge in [0.15, 0.2) is 0 Å². The van der Waals surface area contributed by atoms with Crippen LogP contribution in [-0.2, 0) is 14.2 Å². The number of fused-ring (bicyclic) bond motifs is 2. The molecule has 0 radical (unpaired) electrons. The van der Waals surface area contributed by atoms with Gasteiger partial charge in [0.25, 0.3) is 0 Å². The van der Waals surface area contributed by atoms with Crippen LogP contribution in [0.15, 0.2) is 11.8 Å². The van der Waals surface area contributed by atoms with E-state index in [0.29, 0.717) is 20.1 Å². The van der Waals surface area contributed by atoms with Gasteiger partial charge in [-0.25, -0.2) is 4.79 Å². The first-order valence-electron chi connectivity index (χ1n) is 10.3. The van der Waals surface area contributed by atoms with Crippen molar-refractivity contribution in [1.82, 2.24) is 15.1 Å². The summed E-state index contributed by atoms with van der Waals surface area (Å²) in [5.74, 6) is 0. The maximum Gasteiger partial charge on any atom is 0.410 e. The van der Waals surface area contributed by atoms with Crippen LogP contribution in [0, 0.1) is 0 Å². The fourth-order valence-electron chi connectivity index (χ4n) is 5.22. The van der Waals surface area contributed by atoms with Gasteiger partial charge in [-0.15, -0.1) is 0 Å². The van der Waals surface area contributed by atoms with Crippen LogP contribution >= 0.6 is 0 Å². The Morgan fingerprint density at radius 1 is 1.33 bits per heavy atom. The minimum absolute atomic E-state index is 0.115. The van der Waals surface area contributed by atoms with Crippen LogP contribution in [0.2, 0.25) is 0 Å². The van der Waals surface area contributed by atoms with Gasteiger partial charge in [0.05, 0.1) is 25.0 Å². The minimum atomic E-state index is -0.189. The van der Waals surface area contributed by atoms with Gasteiger partial charge in [0.2, 0.25) is 0 Å². The molecule has 2 atom stereocenters. The number of nitrogens with one attached hydrogen (secondary N) is 1. The highest BCUT2D eigenvalue weighted by Gasteiger charge is 2.50. The van der Waals surface area contributed by atoms with Crippen molar-refractivity contribution in [2.45, 2.75) is 76.1 Å². The largest absolute Gasteiger partial charge is 0.450 e. The lowest BCUT2D eigenvalue weighted by molar-refractivity contribution is -0.160. The van der Waals surface area contributed by atoms with E-state index >= 15 is 0 Å². The van der Waals surface area contributed by atoms with E-state index in [4.69, 9.17) is 14.2 Å². The number of carbonyl (C=O) groups excluding carboxylic acids is 1. The summed E-state index contributed by atoms with van der Waals surface area (Å²) in [6.07, 6.45) is 7.15. The molecule has 2 unspecified atom stereocenters. The van der Waals surface area contributed by atoms with Gasteiger partial charge in [-0.05, 0) is 52.5 Å². The van der Waals surface area contributed by atoms with Crippen molar-refractivity contribution >= 4 is 6.09 Å². The first kappa shape index (κ1) is 19.0. The van der Waals surface area contributed by atoms with Crippen molar-refractivity contribution in [3.8, 4) is 0 Å². The van der Waals surface area contributed by atoms with Gasteiger partial charge < -0.3 is 19.1 Å². The first-order chi connectivity index (χ1) is 13.0. The van der Waals surface area contributed by atoms with E-state index in [-0.39, 0.29) is 29.3 Å². The van der Waals surface area contributed by atoms with Crippen LogP contribution < -0.4 is 5.32 Å². The van der Waals surface area contributed by atoms with E-state index in [0.717, 1.165) is 45.2 Å². The van der Waals surface area contributed by atoms with Crippen LogP contribution in [-0.4, -0.2) is 72.3 Å². The maximum atomic E-state index is 12.3. The number of hydrogen-bond acceptors (Lipinski definition) is 6. The normalized spacial score (nSPS) is 32.2. The molecule has 0 aliphatic carbocycles. The lowest BCUT2D eigenvalue weighted by Crippen LogP contribution is -2.63. The standard InChI is InChI=1S/C20H33N3O4/c1-4-26-18(24)23-15-5-6-16(23)12-17(11-15)22-9-7-20(8-10-22)19(2,3)21-13-25-14-27-20/h11,15-16,21H,4-10,12-14H2,1-3H3. The van der Waals surface area contributed by atoms with E-state index in [9.17, 15) is 4.79 Å². The van der Waals surface area contributed by atoms with Crippen LogP contribution in [0.1, 0.15) is 52.9 Å². The zero-order valence-corrected chi connectivity index (χ0v) is 16.8. The van der Waals surface area contributed by atoms with E-state index in [2.05, 4.69) is 30.1 Å². The summed E-state index contributed by atoms with van der Waals surface area (Å²) in [5, 5.41) is 3.49. The molecular weight excluding hydrogens is 346 g/mol. The van der Waals surface area contributed by atoms with Crippen molar-refractivity contribution in [2.75, 3.05) is 33.2 Å². The molecule has 7 nitrogen and oxygen atoms in total.